The summed E-state index contributed by atoms with van der Waals surface area (Å²) >= 11 is 2.83. The molecule has 0 spiro atoms. The van der Waals surface area contributed by atoms with Gasteiger partial charge in [-0.3, -0.25) is 4.79 Å². The summed E-state index contributed by atoms with van der Waals surface area (Å²) in [6, 6.07) is 6.87. The van der Waals surface area contributed by atoms with Gasteiger partial charge in [0.2, 0.25) is 4.96 Å². The van der Waals surface area contributed by atoms with E-state index < -0.39 is 0 Å². The summed E-state index contributed by atoms with van der Waals surface area (Å²) < 4.78 is 2.12. The lowest BCUT2D eigenvalue weighted by Crippen LogP contribution is -2.21. The van der Waals surface area contributed by atoms with Crippen LogP contribution >= 0.6 is 23.1 Å². The zero-order chi connectivity index (χ0) is 15.0. The lowest BCUT2D eigenvalue weighted by molar-refractivity contribution is 0.475. The lowest BCUT2D eigenvalue weighted by atomic mass is 10.2. The highest BCUT2D eigenvalue weighted by Gasteiger charge is 2.13. The summed E-state index contributed by atoms with van der Waals surface area (Å²) in [7, 11) is 0. The van der Waals surface area contributed by atoms with Crippen molar-refractivity contribution in [1.29, 1.82) is 0 Å². The molecule has 0 saturated heterocycles. The molecule has 0 aliphatic carbocycles. The first kappa shape index (κ1) is 14.1. The van der Waals surface area contributed by atoms with E-state index in [1.54, 1.807) is 12.1 Å². The van der Waals surface area contributed by atoms with Gasteiger partial charge in [0.05, 0.1) is 0 Å². The maximum atomic E-state index is 12.3. The minimum Gasteiger partial charge on any atom is -0.508 e. The number of phenols is 1. The van der Waals surface area contributed by atoms with Gasteiger partial charge in [0, 0.05) is 16.2 Å². The van der Waals surface area contributed by atoms with Crippen LogP contribution in [0.2, 0.25) is 0 Å². The number of aryl methyl sites for hydroxylation is 1. The Balaban J connectivity index is 2.03. The van der Waals surface area contributed by atoms with Crippen molar-refractivity contribution in [3.63, 3.8) is 0 Å². The van der Waals surface area contributed by atoms with E-state index in [-0.39, 0.29) is 11.3 Å². The van der Waals surface area contributed by atoms with Crippen LogP contribution in [0.3, 0.4) is 0 Å². The Morgan fingerprint density at radius 1 is 1.33 bits per heavy atom. The second-order valence-electron chi connectivity index (χ2n) is 4.49. The van der Waals surface area contributed by atoms with Crippen molar-refractivity contribution < 1.29 is 5.11 Å². The Morgan fingerprint density at radius 3 is 2.71 bits per heavy atom. The fourth-order valence-corrected chi connectivity index (χ4v) is 3.97. The molecule has 0 saturated carbocycles. The van der Waals surface area contributed by atoms with Crippen LogP contribution in [0.4, 0.5) is 0 Å². The molecule has 2 heterocycles. The van der Waals surface area contributed by atoms with Crippen LogP contribution in [0.15, 0.2) is 38.3 Å². The number of hydrogen-bond donors (Lipinski definition) is 1. The normalized spacial score (nSPS) is 11.1. The Kier molecular flexibility index (Phi) is 3.69. The van der Waals surface area contributed by atoms with Gasteiger partial charge in [-0.15, -0.1) is 5.10 Å². The van der Waals surface area contributed by atoms with E-state index >= 15 is 0 Å². The summed E-state index contributed by atoms with van der Waals surface area (Å²) in [5, 5.41) is 13.6. The predicted molar refractivity (Wildman–Crippen MR) is 83.5 cm³/mol. The molecule has 1 aromatic carbocycles. The molecule has 3 rings (SSSR count). The van der Waals surface area contributed by atoms with Crippen LogP contribution in [-0.4, -0.2) is 19.7 Å². The van der Waals surface area contributed by atoms with Crippen LogP contribution in [-0.2, 0) is 6.42 Å². The monoisotopic (exact) mass is 319 g/mol. The zero-order valence-corrected chi connectivity index (χ0v) is 13.2. The van der Waals surface area contributed by atoms with E-state index in [1.165, 1.54) is 27.6 Å². The molecule has 108 valence electrons. The quantitative estimate of drug-likeness (QED) is 0.804. The Morgan fingerprint density at radius 2 is 2.05 bits per heavy atom. The highest BCUT2D eigenvalue weighted by Crippen LogP contribution is 2.31. The molecule has 0 amide bonds. The van der Waals surface area contributed by atoms with Crippen molar-refractivity contribution in [2.45, 2.75) is 29.5 Å². The summed E-state index contributed by atoms with van der Waals surface area (Å²) in [5.74, 6) is 0.227. The first-order valence-corrected chi connectivity index (χ1v) is 8.08. The van der Waals surface area contributed by atoms with Crippen molar-refractivity contribution in [3.8, 4) is 5.75 Å². The number of hydrogen-bond acceptors (Lipinski definition) is 6. The molecule has 0 bridgehead atoms. The second kappa shape index (κ2) is 5.50. The van der Waals surface area contributed by atoms with Gasteiger partial charge < -0.3 is 5.11 Å². The van der Waals surface area contributed by atoms with E-state index in [1.807, 2.05) is 26.0 Å². The molecule has 5 nitrogen and oxygen atoms in total. The van der Waals surface area contributed by atoms with Gasteiger partial charge in [-0.05, 0) is 37.6 Å². The highest BCUT2D eigenvalue weighted by atomic mass is 32.2. The van der Waals surface area contributed by atoms with Gasteiger partial charge in [0.25, 0.3) is 5.56 Å². The third kappa shape index (κ3) is 2.66. The number of aromatic hydroxyl groups is 1. The smallest absolute Gasteiger partial charge is 0.278 e. The zero-order valence-electron chi connectivity index (χ0n) is 11.5. The van der Waals surface area contributed by atoms with Crippen LogP contribution in [0.25, 0.3) is 4.96 Å². The average molecular weight is 319 g/mol. The molecule has 0 aliphatic rings. The Hall–Kier alpha value is -1.86. The minimum atomic E-state index is -0.0891. The van der Waals surface area contributed by atoms with E-state index in [9.17, 15) is 9.90 Å². The summed E-state index contributed by atoms with van der Waals surface area (Å²) in [5.41, 5.74) is 1.39. The molecule has 0 unspecified atom stereocenters. The van der Waals surface area contributed by atoms with Crippen LogP contribution in [0.1, 0.15) is 18.2 Å². The third-order valence-electron chi connectivity index (χ3n) is 3.09. The first-order valence-electron chi connectivity index (χ1n) is 6.44. The number of rotatable bonds is 3. The van der Waals surface area contributed by atoms with Crippen LogP contribution in [0.5, 0.6) is 5.75 Å². The molecule has 2 aromatic heterocycles. The van der Waals surface area contributed by atoms with E-state index in [0.29, 0.717) is 16.9 Å². The van der Waals surface area contributed by atoms with Gasteiger partial charge in [-0.25, -0.2) is 4.98 Å². The van der Waals surface area contributed by atoms with Crippen LogP contribution < -0.4 is 5.56 Å². The number of aromatic nitrogens is 3. The highest BCUT2D eigenvalue weighted by molar-refractivity contribution is 8.01. The predicted octanol–water partition coefficient (Wildman–Crippen LogP) is 2.88. The molecule has 1 N–H and O–H groups in total. The van der Waals surface area contributed by atoms with Crippen molar-refractivity contribution in [2.24, 2.45) is 0 Å². The largest absolute Gasteiger partial charge is 0.508 e. The number of fused-ring (bicyclic) bond motifs is 1. The van der Waals surface area contributed by atoms with E-state index in [4.69, 9.17) is 0 Å². The lowest BCUT2D eigenvalue weighted by Gasteiger charge is -1.99. The van der Waals surface area contributed by atoms with E-state index in [2.05, 4.69) is 10.1 Å². The molecule has 0 radical (unpaired) electrons. The topological polar surface area (TPSA) is 67.5 Å². The van der Waals surface area contributed by atoms with Gasteiger partial charge in [-0.2, -0.15) is 4.52 Å². The Labute approximate surface area is 129 Å². The number of phenolic OH excluding ortho intramolecular Hbond substituents is 1. The fraction of sp³-hybridized carbons (Fsp3) is 0.214. The second-order valence-corrected chi connectivity index (χ2v) is 6.77. The number of nitrogens with zero attached hydrogens (tertiary/aromatic N) is 3. The molecular formula is C14H13N3O2S2. The minimum absolute atomic E-state index is 0.0891. The maximum Gasteiger partial charge on any atom is 0.278 e. The standard InChI is InChI=1S/C14H13N3O2S2/c1-3-11-8(2)15-13-17(12(11)19)16-14(21-13)20-10-6-4-9(18)5-7-10/h4-7,18H,3H2,1-2H3. The molecule has 21 heavy (non-hydrogen) atoms. The molecule has 7 heteroatoms. The van der Waals surface area contributed by atoms with E-state index in [0.717, 1.165) is 14.9 Å². The summed E-state index contributed by atoms with van der Waals surface area (Å²) in [4.78, 5) is 18.3. The SMILES string of the molecule is CCc1c(C)nc2sc(Sc3ccc(O)cc3)nn2c1=O. The van der Waals surface area contributed by atoms with Crippen molar-refractivity contribution in [1.82, 2.24) is 14.6 Å². The third-order valence-corrected chi connectivity index (χ3v) is 5.05. The number of benzene rings is 1. The molecule has 3 aromatic rings. The summed E-state index contributed by atoms with van der Waals surface area (Å²) in [6.45, 7) is 3.79. The Bertz CT molecular complexity index is 853. The molecule has 0 aliphatic heterocycles. The van der Waals surface area contributed by atoms with Crippen molar-refractivity contribution in [3.05, 3.63) is 45.9 Å². The van der Waals surface area contributed by atoms with Gasteiger partial charge in [-0.1, -0.05) is 30.0 Å². The van der Waals surface area contributed by atoms with Crippen LogP contribution in [0, 0.1) is 6.92 Å². The average Bonchev–Trinajstić information content (AvgIpc) is 2.84. The summed E-state index contributed by atoms with van der Waals surface area (Å²) in [6.07, 6.45) is 0.651. The van der Waals surface area contributed by atoms with Crippen molar-refractivity contribution in [2.75, 3.05) is 0 Å². The van der Waals surface area contributed by atoms with Gasteiger partial charge in [0.1, 0.15) is 5.75 Å². The molecular weight excluding hydrogens is 306 g/mol. The van der Waals surface area contributed by atoms with Gasteiger partial charge >= 0.3 is 0 Å². The maximum absolute atomic E-state index is 12.3. The molecule has 0 fully saturated rings. The fourth-order valence-electron chi connectivity index (χ4n) is 2.03. The van der Waals surface area contributed by atoms with Gasteiger partial charge in [0.15, 0.2) is 4.34 Å². The molecule has 0 atom stereocenters. The first-order chi connectivity index (χ1) is 10.1. The van der Waals surface area contributed by atoms with Crippen molar-refractivity contribution >= 4 is 28.1 Å².